The summed E-state index contributed by atoms with van der Waals surface area (Å²) in [6.07, 6.45) is 71.5. The van der Waals surface area contributed by atoms with E-state index in [0.29, 0.717) is 0 Å². The first-order valence-corrected chi connectivity index (χ1v) is 45.1. The van der Waals surface area contributed by atoms with E-state index in [9.17, 15) is 0 Å². The number of hydrogen-bond acceptors (Lipinski definition) is 5. The fourth-order valence-corrected chi connectivity index (χ4v) is 18.6. The third-order valence-corrected chi connectivity index (χ3v) is 26.1. The van der Waals surface area contributed by atoms with Crippen molar-refractivity contribution in [2.45, 2.75) is 410 Å². The van der Waals surface area contributed by atoms with Crippen molar-refractivity contribution in [3.63, 3.8) is 0 Å². The number of thiol groups is 5. The molecule has 5 aromatic carbocycles. The SMILES string of the molecule is CCCCCCCC1CCC(c2ccc(S)cc2)CC1.CCCCCCCC1CCC(c2ccc(S)cc2)CC1.CCCCCCCC1CCC(c2ccc(S)cc2)CC1.CCCCCCCC1CCC(c2ccc(S)cc2)CC1.CCCCCCCC1CCC(c2ccc(S)cc2)CC1.F.F.F.F.F. The quantitative estimate of drug-likeness (QED) is 0.0149. The standard InChI is InChI=1S/5C19H30S.5FH/c5*1-2-3-4-5-6-7-16-8-10-17(11-9-16)18-12-14-19(20)15-13-18;;;;;/h5*12-17,20H,2-11H2,1H3;5*1H. The highest BCUT2D eigenvalue weighted by Crippen LogP contribution is 2.43. The Morgan fingerprint density at radius 1 is 0.181 bits per heavy atom. The monoisotopic (exact) mass is 1550 g/mol. The van der Waals surface area contributed by atoms with Crippen molar-refractivity contribution in [1.29, 1.82) is 0 Å². The lowest BCUT2D eigenvalue weighted by Crippen LogP contribution is -2.13. The van der Waals surface area contributed by atoms with Crippen LogP contribution in [0.3, 0.4) is 0 Å². The van der Waals surface area contributed by atoms with Gasteiger partial charge >= 0.3 is 0 Å². The summed E-state index contributed by atoms with van der Waals surface area (Å²) in [6.45, 7) is 11.5. The zero-order valence-electron chi connectivity index (χ0n) is 67.0. The molecule has 0 unspecified atom stereocenters. The van der Waals surface area contributed by atoms with Gasteiger partial charge in [0.2, 0.25) is 0 Å². The largest absolute Gasteiger partial charge is 0.269 e. The topological polar surface area (TPSA) is 0 Å². The molecule has 0 nitrogen and oxygen atoms in total. The maximum absolute atomic E-state index is 4.37. The highest BCUT2D eigenvalue weighted by molar-refractivity contribution is 7.81. The zero-order chi connectivity index (χ0) is 71.0. The van der Waals surface area contributed by atoms with Crippen LogP contribution in [0.2, 0.25) is 0 Å². The van der Waals surface area contributed by atoms with E-state index in [-0.39, 0.29) is 23.5 Å². The van der Waals surface area contributed by atoms with Crippen molar-refractivity contribution >= 4 is 63.1 Å². The minimum Gasteiger partial charge on any atom is -0.269 e. The summed E-state index contributed by atoms with van der Waals surface area (Å²) < 4.78 is 0. The first-order valence-electron chi connectivity index (χ1n) is 42.9. The van der Waals surface area contributed by atoms with Gasteiger partial charge in [-0.15, -0.1) is 63.1 Å². The molecule has 5 aliphatic rings. The molecule has 0 heterocycles. The van der Waals surface area contributed by atoms with Gasteiger partial charge in [0.15, 0.2) is 0 Å². The first-order chi connectivity index (χ1) is 49.0. The number of benzene rings is 5. The van der Waals surface area contributed by atoms with Gasteiger partial charge in [-0.1, -0.05) is 288 Å². The van der Waals surface area contributed by atoms with Crippen molar-refractivity contribution in [2.24, 2.45) is 29.6 Å². The molecule has 0 radical (unpaired) electrons. The average molecular weight is 1550 g/mol. The Bertz CT molecular complexity index is 2270. The second-order valence-corrected chi connectivity index (χ2v) is 35.1. The second-order valence-electron chi connectivity index (χ2n) is 32.6. The Kier molecular flexibility index (Phi) is 60.4. The number of halogens is 5. The van der Waals surface area contributed by atoms with Gasteiger partial charge in [0.05, 0.1) is 0 Å². The van der Waals surface area contributed by atoms with E-state index in [0.717, 1.165) is 83.7 Å². The molecule has 5 aliphatic carbocycles. The molecule has 0 saturated heterocycles. The van der Waals surface area contributed by atoms with E-state index in [1.807, 2.05) is 0 Å². The number of rotatable bonds is 35. The minimum absolute atomic E-state index is 0. The molecular weight excluding hydrogens is 1400 g/mol. The predicted octanol–water partition coefficient (Wildman–Crippen LogP) is 33.8. The summed E-state index contributed by atoms with van der Waals surface area (Å²) in [6, 6.07) is 44.1. The van der Waals surface area contributed by atoms with E-state index in [2.05, 4.69) is 219 Å². The molecule has 0 N–H and O–H groups in total. The molecule has 0 aromatic heterocycles. The highest BCUT2D eigenvalue weighted by atomic mass is 32.1. The van der Waals surface area contributed by atoms with E-state index >= 15 is 0 Å². The Morgan fingerprint density at radius 3 is 0.429 bits per heavy atom. The summed E-state index contributed by atoms with van der Waals surface area (Å²) in [7, 11) is 0. The third kappa shape index (κ3) is 43.2. The van der Waals surface area contributed by atoms with Gasteiger partial charge in [0.1, 0.15) is 0 Å². The van der Waals surface area contributed by atoms with Crippen LogP contribution in [0.15, 0.2) is 146 Å². The number of hydrogen-bond donors (Lipinski definition) is 5. The van der Waals surface area contributed by atoms with Gasteiger partial charge in [-0.05, 0) is 276 Å². The van der Waals surface area contributed by atoms with E-state index < -0.39 is 0 Å². The van der Waals surface area contributed by atoms with E-state index in [4.69, 9.17) is 0 Å². The molecule has 5 fully saturated rings. The van der Waals surface area contributed by atoms with Gasteiger partial charge in [-0.2, -0.15) is 0 Å². The van der Waals surface area contributed by atoms with Crippen LogP contribution >= 0.6 is 63.1 Å². The predicted molar refractivity (Wildman–Crippen MR) is 471 cm³/mol. The molecule has 0 aliphatic heterocycles. The van der Waals surface area contributed by atoms with E-state index in [1.54, 1.807) is 0 Å². The smallest absolute Gasteiger partial charge is 0.00401 e. The molecular formula is C95H155F5S5. The normalized spacial score (nSPS) is 21.8. The van der Waals surface area contributed by atoms with E-state index in [1.165, 1.54) is 349 Å². The van der Waals surface area contributed by atoms with Gasteiger partial charge in [0.25, 0.3) is 0 Å². The van der Waals surface area contributed by atoms with Gasteiger partial charge in [0, 0.05) is 24.5 Å². The Labute approximate surface area is 670 Å². The maximum atomic E-state index is 4.37. The van der Waals surface area contributed by atoms with Crippen LogP contribution in [0.5, 0.6) is 0 Å². The van der Waals surface area contributed by atoms with Crippen molar-refractivity contribution in [1.82, 2.24) is 0 Å². The number of unbranched alkanes of at least 4 members (excludes halogenated alkanes) is 20. The fraction of sp³-hybridized carbons (Fsp3) is 0.684. The average Bonchev–Trinajstić information content (AvgIpc) is 0.903. The molecule has 105 heavy (non-hydrogen) atoms. The highest BCUT2D eigenvalue weighted by Gasteiger charge is 2.27. The van der Waals surface area contributed by atoms with Crippen LogP contribution < -0.4 is 0 Å². The summed E-state index contributed by atoms with van der Waals surface area (Å²) in [5, 5.41) is 0. The van der Waals surface area contributed by atoms with Crippen LogP contribution in [-0.4, -0.2) is 0 Å². The van der Waals surface area contributed by atoms with Crippen LogP contribution in [0.1, 0.15) is 413 Å². The van der Waals surface area contributed by atoms with Crippen LogP contribution in [0, 0.1) is 29.6 Å². The van der Waals surface area contributed by atoms with Crippen molar-refractivity contribution in [3.8, 4) is 0 Å². The lowest BCUT2D eigenvalue weighted by Gasteiger charge is -2.29. The Morgan fingerprint density at radius 2 is 0.305 bits per heavy atom. The minimum atomic E-state index is 0. The molecule has 10 rings (SSSR count). The molecule has 0 atom stereocenters. The lowest BCUT2D eigenvalue weighted by atomic mass is 9.77. The summed E-state index contributed by atoms with van der Waals surface area (Å²) in [5.41, 5.74) is 7.66. The summed E-state index contributed by atoms with van der Waals surface area (Å²) >= 11 is 21.9. The fourth-order valence-electron chi connectivity index (χ4n) is 17.8. The maximum Gasteiger partial charge on any atom is 0.00401 e. The molecule has 0 spiro atoms. The molecule has 0 bridgehead atoms. The second kappa shape index (κ2) is 63.1. The summed E-state index contributed by atoms with van der Waals surface area (Å²) in [4.78, 5) is 5.39. The molecule has 0 amide bonds. The van der Waals surface area contributed by atoms with Gasteiger partial charge in [-0.3, -0.25) is 23.5 Å². The molecule has 10 heteroatoms. The van der Waals surface area contributed by atoms with Crippen LogP contribution in [-0.2, 0) is 0 Å². The van der Waals surface area contributed by atoms with Crippen LogP contribution in [0.4, 0.5) is 23.5 Å². The molecule has 5 saturated carbocycles. The Balaban J connectivity index is 0.000000649. The lowest BCUT2D eigenvalue weighted by molar-refractivity contribution is 0.302. The van der Waals surface area contributed by atoms with Crippen LogP contribution in [0.25, 0.3) is 0 Å². The molecule has 5 aromatic rings. The zero-order valence-corrected chi connectivity index (χ0v) is 71.4. The summed E-state index contributed by atoms with van der Waals surface area (Å²) in [5.74, 6) is 9.08. The van der Waals surface area contributed by atoms with Gasteiger partial charge < -0.3 is 0 Å². The first kappa shape index (κ1) is 101. The van der Waals surface area contributed by atoms with Crippen molar-refractivity contribution in [3.05, 3.63) is 149 Å². The van der Waals surface area contributed by atoms with Gasteiger partial charge in [-0.25, -0.2) is 0 Å². The molecule has 600 valence electrons. The Hall–Kier alpha value is -2.50. The van der Waals surface area contributed by atoms with Crippen molar-refractivity contribution in [2.75, 3.05) is 0 Å². The van der Waals surface area contributed by atoms with Crippen molar-refractivity contribution < 1.29 is 23.5 Å². The third-order valence-electron chi connectivity index (χ3n) is 24.6.